The third kappa shape index (κ3) is 5.24. The van der Waals surface area contributed by atoms with Gasteiger partial charge in [0, 0.05) is 19.0 Å². The predicted octanol–water partition coefficient (Wildman–Crippen LogP) is 3.23. The first-order chi connectivity index (χ1) is 12.0. The van der Waals surface area contributed by atoms with Crippen molar-refractivity contribution in [3.8, 4) is 11.5 Å². The maximum atomic E-state index is 12.3. The highest BCUT2D eigenvalue weighted by molar-refractivity contribution is 5.95. The molecule has 2 aromatic rings. The molecule has 2 N–H and O–H groups in total. The monoisotopic (exact) mass is 342 g/mol. The largest absolute Gasteiger partial charge is 0.496 e. The number of carbonyl (C=O) groups is 2. The topological polar surface area (TPSA) is 76.7 Å². The van der Waals surface area contributed by atoms with Gasteiger partial charge < -0.3 is 20.1 Å². The second-order valence-corrected chi connectivity index (χ2v) is 5.46. The van der Waals surface area contributed by atoms with Crippen LogP contribution in [0.4, 0.5) is 11.4 Å². The van der Waals surface area contributed by atoms with E-state index in [0.717, 1.165) is 11.3 Å². The van der Waals surface area contributed by atoms with E-state index < -0.39 is 0 Å². The number of benzene rings is 2. The zero-order valence-electron chi connectivity index (χ0n) is 14.6. The van der Waals surface area contributed by atoms with Crippen LogP contribution >= 0.6 is 0 Å². The average molecular weight is 342 g/mol. The van der Waals surface area contributed by atoms with Crippen LogP contribution in [0.3, 0.4) is 0 Å². The summed E-state index contributed by atoms with van der Waals surface area (Å²) in [5.41, 5.74) is 2.08. The lowest BCUT2D eigenvalue weighted by molar-refractivity contribution is -0.116. The van der Waals surface area contributed by atoms with Crippen molar-refractivity contribution in [1.82, 2.24) is 0 Å². The quantitative estimate of drug-likeness (QED) is 0.810. The highest BCUT2D eigenvalue weighted by atomic mass is 16.5. The molecule has 6 nitrogen and oxygen atoms in total. The lowest BCUT2D eigenvalue weighted by Crippen LogP contribution is -2.14. The molecule has 2 aromatic carbocycles. The summed E-state index contributed by atoms with van der Waals surface area (Å²) in [6, 6.07) is 12.7. The molecule has 25 heavy (non-hydrogen) atoms. The Kier molecular flexibility index (Phi) is 6.39. The minimum absolute atomic E-state index is 0.149. The van der Waals surface area contributed by atoms with E-state index in [1.54, 1.807) is 25.3 Å². The Labute approximate surface area is 147 Å². The van der Waals surface area contributed by atoms with E-state index in [1.807, 2.05) is 24.3 Å². The first-order valence-electron chi connectivity index (χ1n) is 7.91. The fourth-order valence-electron chi connectivity index (χ4n) is 2.46. The van der Waals surface area contributed by atoms with Crippen LogP contribution in [0.5, 0.6) is 11.5 Å². The molecule has 0 bridgehead atoms. The molecule has 0 unspecified atom stereocenters. The van der Waals surface area contributed by atoms with Crippen molar-refractivity contribution >= 4 is 23.2 Å². The Hall–Kier alpha value is -3.02. The highest BCUT2D eigenvalue weighted by Gasteiger charge is 2.11. The van der Waals surface area contributed by atoms with Crippen LogP contribution in [-0.4, -0.2) is 26.0 Å². The Morgan fingerprint density at radius 1 is 0.960 bits per heavy atom. The van der Waals surface area contributed by atoms with Crippen LogP contribution in [0, 0.1) is 0 Å². The van der Waals surface area contributed by atoms with Gasteiger partial charge in [0.2, 0.25) is 11.8 Å². The van der Waals surface area contributed by atoms with Crippen LogP contribution in [0.15, 0.2) is 42.5 Å². The summed E-state index contributed by atoms with van der Waals surface area (Å²) >= 11 is 0. The number of aryl methyl sites for hydroxylation is 1. The number of rotatable bonds is 7. The van der Waals surface area contributed by atoms with Gasteiger partial charge in [0.1, 0.15) is 11.5 Å². The molecule has 0 saturated heterocycles. The molecule has 6 heteroatoms. The van der Waals surface area contributed by atoms with E-state index in [4.69, 9.17) is 9.47 Å². The lowest BCUT2D eigenvalue weighted by atomic mass is 10.1. The average Bonchev–Trinajstić information content (AvgIpc) is 2.60. The molecule has 0 aliphatic heterocycles. The maximum absolute atomic E-state index is 12.3. The number of carbonyl (C=O) groups excluding carboxylic acids is 2. The summed E-state index contributed by atoms with van der Waals surface area (Å²) in [6.45, 7) is 1.43. The van der Waals surface area contributed by atoms with Gasteiger partial charge in [-0.2, -0.15) is 0 Å². The van der Waals surface area contributed by atoms with Crippen molar-refractivity contribution in [2.24, 2.45) is 0 Å². The number of nitrogens with one attached hydrogen (secondary N) is 2. The number of anilines is 2. The summed E-state index contributed by atoms with van der Waals surface area (Å²) in [5.74, 6) is 0.961. The van der Waals surface area contributed by atoms with Crippen LogP contribution in [0.2, 0.25) is 0 Å². The molecular formula is C19H22N2O4. The Morgan fingerprint density at radius 2 is 1.68 bits per heavy atom. The minimum atomic E-state index is -0.182. The molecular weight excluding hydrogens is 320 g/mol. The fourth-order valence-corrected chi connectivity index (χ4v) is 2.46. The van der Waals surface area contributed by atoms with E-state index in [1.165, 1.54) is 14.0 Å². The highest BCUT2D eigenvalue weighted by Crippen LogP contribution is 2.28. The number of ether oxygens (including phenoxy) is 2. The second kappa shape index (κ2) is 8.73. The number of methoxy groups -OCH3 is 2. The van der Waals surface area contributed by atoms with Crippen molar-refractivity contribution in [3.63, 3.8) is 0 Å². The zero-order valence-corrected chi connectivity index (χ0v) is 14.6. The molecule has 132 valence electrons. The lowest BCUT2D eigenvalue weighted by Gasteiger charge is -2.13. The van der Waals surface area contributed by atoms with Crippen molar-refractivity contribution in [3.05, 3.63) is 48.0 Å². The second-order valence-electron chi connectivity index (χ2n) is 5.46. The van der Waals surface area contributed by atoms with Crippen molar-refractivity contribution in [1.29, 1.82) is 0 Å². The molecule has 0 radical (unpaired) electrons. The normalized spacial score (nSPS) is 10.0. The van der Waals surface area contributed by atoms with Gasteiger partial charge in [0.25, 0.3) is 0 Å². The molecule has 0 aliphatic carbocycles. The van der Waals surface area contributed by atoms with Crippen LogP contribution in [0.1, 0.15) is 18.9 Å². The van der Waals surface area contributed by atoms with Crippen molar-refractivity contribution in [2.45, 2.75) is 19.8 Å². The minimum Gasteiger partial charge on any atom is -0.496 e. The summed E-state index contributed by atoms with van der Waals surface area (Å²) in [6.07, 6.45) is 0.859. The third-order valence-corrected chi connectivity index (χ3v) is 3.61. The standard InChI is InChI=1S/C19H22N2O4/c1-13(22)20-15-9-10-18(25-3)16(12-15)21-19(23)11-8-14-6-4-5-7-17(14)24-2/h4-7,9-10,12H,8,11H2,1-3H3,(H,20,22)(H,21,23). The SMILES string of the molecule is COc1ccccc1CCC(=O)Nc1cc(NC(C)=O)ccc1OC. The van der Waals surface area contributed by atoms with Crippen LogP contribution in [-0.2, 0) is 16.0 Å². The molecule has 2 amide bonds. The number of amides is 2. The Bertz CT molecular complexity index is 759. The van der Waals surface area contributed by atoms with Gasteiger partial charge in [-0.25, -0.2) is 0 Å². The van der Waals surface area contributed by atoms with Crippen LogP contribution in [0.25, 0.3) is 0 Å². The summed E-state index contributed by atoms with van der Waals surface area (Å²) in [7, 11) is 3.13. The van der Waals surface area contributed by atoms with Gasteiger partial charge >= 0.3 is 0 Å². The number of hydrogen-bond donors (Lipinski definition) is 2. The van der Waals surface area contributed by atoms with Crippen molar-refractivity contribution in [2.75, 3.05) is 24.9 Å². The van der Waals surface area contributed by atoms with E-state index in [9.17, 15) is 9.59 Å². The molecule has 0 saturated carbocycles. The van der Waals surface area contributed by atoms with E-state index in [2.05, 4.69) is 10.6 Å². The molecule has 0 fully saturated rings. The molecule has 0 aliphatic rings. The van der Waals surface area contributed by atoms with E-state index in [-0.39, 0.29) is 11.8 Å². The summed E-state index contributed by atoms with van der Waals surface area (Å²) in [5, 5.41) is 5.51. The summed E-state index contributed by atoms with van der Waals surface area (Å²) in [4.78, 5) is 23.5. The van der Waals surface area contributed by atoms with E-state index >= 15 is 0 Å². The smallest absolute Gasteiger partial charge is 0.224 e. The summed E-state index contributed by atoms with van der Waals surface area (Å²) < 4.78 is 10.6. The fraction of sp³-hybridized carbons (Fsp3) is 0.263. The van der Waals surface area contributed by atoms with Gasteiger partial charge in [-0.3, -0.25) is 9.59 Å². The Morgan fingerprint density at radius 3 is 2.36 bits per heavy atom. The van der Waals surface area contributed by atoms with Gasteiger partial charge in [-0.1, -0.05) is 18.2 Å². The van der Waals surface area contributed by atoms with E-state index in [0.29, 0.717) is 30.0 Å². The van der Waals surface area contributed by atoms with Gasteiger partial charge in [-0.05, 0) is 36.2 Å². The maximum Gasteiger partial charge on any atom is 0.224 e. The first kappa shape index (κ1) is 18.3. The number of para-hydroxylation sites is 1. The Balaban J connectivity index is 2.05. The first-order valence-corrected chi connectivity index (χ1v) is 7.91. The van der Waals surface area contributed by atoms with Gasteiger partial charge in [-0.15, -0.1) is 0 Å². The molecule has 0 heterocycles. The van der Waals surface area contributed by atoms with Crippen molar-refractivity contribution < 1.29 is 19.1 Å². The zero-order chi connectivity index (χ0) is 18.2. The number of hydrogen-bond acceptors (Lipinski definition) is 4. The van der Waals surface area contributed by atoms with Gasteiger partial charge in [0.05, 0.1) is 19.9 Å². The predicted molar refractivity (Wildman–Crippen MR) is 97.2 cm³/mol. The van der Waals surface area contributed by atoms with Gasteiger partial charge in [0.15, 0.2) is 0 Å². The molecule has 0 spiro atoms. The molecule has 0 aromatic heterocycles. The third-order valence-electron chi connectivity index (χ3n) is 3.61. The molecule has 2 rings (SSSR count). The molecule has 0 atom stereocenters. The van der Waals surface area contributed by atoms with Crippen LogP contribution < -0.4 is 20.1 Å².